The number of aliphatic hydroxyl groups is 3. The third-order valence-corrected chi connectivity index (χ3v) is 9.70. The van der Waals surface area contributed by atoms with E-state index < -0.39 is 34.2 Å². The van der Waals surface area contributed by atoms with Crippen molar-refractivity contribution >= 4 is 27.7 Å². The van der Waals surface area contributed by atoms with E-state index in [1.54, 1.807) is 36.4 Å². The summed E-state index contributed by atoms with van der Waals surface area (Å²) in [7, 11) is -3.85. The van der Waals surface area contributed by atoms with Crippen LogP contribution in [0.25, 0.3) is 0 Å². The summed E-state index contributed by atoms with van der Waals surface area (Å²) in [5, 5.41) is 31.3. The maximum Gasteiger partial charge on any atom is 0.264 e. The van der Waals surface area contributed by atoms with Crippen LogP contribution in [-0.2, 0) is 14.8 Å². The highest BCUT2D eigenvalue weighted by Crippen LogP contribution is 2.39. The summed E-state index contributed by atoms with van der Waals surface area (Å²) < 4.78 is 40.3. The minimum absolute atomic E-state index is 0.0524. The molecule has 210 valence electrons. The molecule has 5 atom stereocenters. The zero-order chi connectivity index (χ0) is 27.5. The Morgan fingerprint density at radius 1 is 0.947 bits per heavy atom. The molecule has 1 unspecified atom stereocenters. The van der Waals surface area contributed by atoms with Gasteiger partial charge in [-0.1, -0.05) is 49.6 Å². The second kappa shape index (κ2) is 15.0. The number of sulfonamides is 1. The number of carbonyl (C=O) groups is 1. The molecule has 0 saturated heterocycles. The first kappa shape index (κ1) is 30.6. The molecule has 3 rings (SSSR count). The molecule has 1 aliphatic carbocycles. The fourth-order valence-corrected chi connectivity index (χ4v) is 7.03. The Labute approximate surface area is 228 Å². The SMILES string of the molecule is O=C(CCCCCC[C@@H]1[C@@H](CCC(O)CSc2ccccc2F)[C@H](O)C[C@@H]1O)NS(=O)(=O)c1ccccc1. The van der Waals surface area contributed by atoms with Gasteiger partial charge in [0.15, 0.2) is 0 Å². The second-order valence-corrected chi connectivity index (χ2v) is 12.7. The van der Waals surface area contributed by atoms with Gasteiger partial charge in [-0.25, -0.2) is 17.5 Å². The molecule has 0 radical (unpaired) electrons. The first-order valence-corrected chi connectivity index (χ1v) is 15.7. The Kier molecular flexibility index (Phi) is 12.0. The van der Waals surface area contributed by atoms with Crippen LogP contribution in [0.1, 0.15) is 57.8 Å². The number of amides is 1. The number of nitrogens with one attached hydrogen (secondary N) is 1. The lowest BCUT2D eigenvalue weighted by atomic mass is 9.85. The van der Waals surface area contributed by atoms with Gasteiger partial charge in [-0.15, -0.1) is 11.8 Å². The van der Waals surface area contributed by atoms with Gasteiger partial charge in [-0.2, -0.15) is 0 Å². The lowest BCUT2D eigenvalue weighted by molar-refractivity contribution is -0.119. The molecule has 1 saturated carbocycles. The zero-order valence-electron chi connectivity index (χ0n) is 21.4. The average Bonchev–Trinajstić information content (AvgIpc) is 3.16. The normalized spacial score (nSPS) is 22.3. The molecule has 7 nitrogen and oxygen atoms in total. The molecular weight excluding hydrogens is 529 g/mol. The van der Waals surface area contributed by atoms with Crippen molar-refractivity contribution in [3.63, 3.8) is 0 Å². The molecular formula is C28H38FNO6S2. The van der Waals surface area contributed by atoms with Crippen molar-refractivity contribution in [3.8, 4) is 0 Å². The van der Waals surface area contributed by atoms with Crippen LogP contribution in [0.4, 0.5) is 4.39 Å². The van der Waals surface area contributed by atoms with Crippen molar-refractivity contribution in [3.05, 3.63) is 60.4 Å². The Morgan fingerprint density at radius 2 is 1.58 bits per heavy atom. The number of halogens is 1. The highest BCUT2D eigenvalue weighted by Gasteiger charge is 2.40. The zero-order valence-corrected chi connectivity index (χ0v) is 23.0. The summed E-state index contributed by atoms with van der Waals surface area (Å²) in [5.41, 5.74) is 0. The molecule has 1 amide bonds. The van der Waals surface area contributed by atoms with Gasteiger partial charge in [-0.05, 0) is 68.2 Å². The first-order chi connectivity index (χ1) is 18.2. The molecule has 10 heteroatoms. The molecule has 1 fully saturated rings. The third-order valence-electron chi connectivity index (χ3n) is 7.12. The van der Waals surface area contributed by atoms with Crippen LogP contribution in [-0.4, -0.2) is 53.7 Å². The van der Waals surface area contributed by atoms with E-state index in [1.807, 2.05) is 0 Å². The van der Waals surface area contributed by atoms with Crippen LogP contribution in [0, 0.1) is 17.7 Å². The fraction of sp³-hybridized carbons (Fsp3) is 0.536. The highest BCUT2D eigenvalue weighted by molar-refractivity contribution is 7.99. The Morgan fingerprint density at radius 3 is 2.29 bits per heavy atom. The number of aliphatic hydroxyl groups excluding tert-OH is 3. The smallest absolute Gasteiger partial charge is 0.264 e. The van der Waals surface area contributed by atoms with Gasteiger partial charge in [0.05, 0.1) is 23.2 Å². The number of thioether (sulfide) groups is 1. The molecule has 0 bridgehead atoms. The Bertz CT molecular complexity index is 1120. The largest absolute Gasteiger partial charge is 0.393 e. The summed E-state index contributed by atoms with van der Waals surface area (Å²) in [6, 6.07) is 14.2. The number of hydrogen-bond acceptors (Lipinski definition) is 7. The molecule has 0 heterocycles. The molecule has 0 spiro atoms. The predicted molar refractivity (Wildman–Crippen MR) is 145 cm³/mol. The highest BCUT2D eigenvalue weighted by atomic mass is 32.2. The lowest BCUT2D eigenvalue weighted by Gasteiger charge is -2.24. The van der Waals surface area contributed by atoms with Crippen molar-refractivity contribution < 1.29 is 32.9 Å². The standard InChI is InChI=1S/C28H38FNO6S2/c29-24-13-8-9-14-27(24)37-19-20(31)16-17-23-22(25(32)18-26(23)33)12-6-1-2-7-15-28(34)30-38(35,36)21-10-4-3-5-11-21/h3-5,8-11,13-14,20,22-23,25-26,31-33H,1-2,6-7,12,15-19H2,(H,30,34)/t20?,22-,23-,25+,26-/m1/s1. The van der Waals surface area contributed by atoms with Crippen LogP contribution < -0.4 is 4.72 Å². The Balaban J connectivity index is 1.33. The van der Waals surface area contributed by atoms with Gasteiger partial charge in [0.2, 0.25) is 5.91 Å². The second-order valence-electron chi connectivity index (χ2n) is 9.97. The summed E-state index contributed by atoms with van der Waals surface area (Å²) in [6.07, 6.45) is 3.33. The van der Waals surface area contributed by atoms with Gasteiger partial charge >= 0.3 is 0 Å². The summed E-state index contributed by atoms with van der Waals surface area (Å²) in [6.45, 7) is 0. The molecule has 0 aliphatic heterocycles. The number of unbranched alkanes of at least 4 members (excludes halogenated alkanes) is 3. The minimum Gasteiger partial charge on any atom is -0.393 e. The summed E-state index contributed by atoms with van der Waals surface area (Å²) >= 11 is 1.27. The predicted octanol–water partition coefficient (Wildman–Crippen LogP) is 4.26. The van der Waals surface area contributed by atoms with Gasteiger partial charge in [0.1, 0.15) is 5.82 Å². The number of rotatable bonds is 15. The fourth-order valence-electron chi connectivity index (χ4n) is 5.08. The van der Waals surface area contributed by atoms with E-state index in [1.165, 1.54) is 30.0 Å². The van der Waals surface area contributed by atoms with Crippen molar-refractivity contribution in [2.24, 2.45) is 11.8 Å². The molecule has 38 heavy (non-hydrogen) atoms. The third kappa shape index (κ3) is 9.34. The molecule has 0 aromatic heterocycles. The number of benzene rings is 2. The van der Waals surface area contributed by atoms with E-state index in [0.29, 0.717) is 36.3 Å². The maximum absolute atomic E-state index is 13.8. The number of carbonyl (C=O) groups excluding carboxylic acids is 1. The van der Waals surface area contributed by atoms with E-state index in [-0.39, 0.29) is 29.0 Å². The van der Waals surface area contributed by atoms with Crippen LogP contribution in [0.2, 0.25) is 0 Å². The number of hydrogen-bond donors (Lipinski definition) is 4. The van der Waals surface area contributed by atoms with Gasteiger partial charge in [-0.3, -0.25) is 4.79 Å². The van der Waals surface area contributed by atoms with E-state index in [2.05, 4.69) is 4.72 Å². The van der Waals surface area contributed by atoms with Crippen molar-refractivity contribution in [1.82, 2.24) is 4.72 Å². The van der Waals surface area contributed by atoms with E-state index in [4.69, 9.17) is 0 Å². The Hall–Kier alpha value is -1.98. The summed E-state index contributed by atoms with van der Waals surface area (Å²) in [4.78, 5) is 12.6. The molecule has 2 aromatic carbocycles. The van der Waals surface area contributed by atoms with Crippen LogP contribution in [0.15, 0.2) is 64.4 Å². The van der Waals surface area contributed by atoms with E-state index >= 15 is 0 Å². The molecule has 4 N–H and O–H groups in total. The summed E-state index contributed by atoms with van der Waals surface area (Å²) in [5.74, 6) is -0.647. The van der Waals surface area contributed by atoms with Crippen LogP contribution >= 0.6 is 11.8 Å². The quantitative estimate of drug-likeness (QED) is 0.187. The lowest BCUT2D eigenvalue weighted by Crippen LogP contribution is -2.30. The van der Waals surface area contributed by atoms with Crippen LogP contribution in [0.3, 0.4) is 0 Å². The van der Waals surface area contributed by atoms with Gasteiger partial charge < -0.3 is 15.3 Å². The topological polar surface area (TPSA) is 124 Å². The monoisotopic (exact) mass is 567 g/mol. The van der Waals surface area contributed by atoms with Gasteiger partial charge in [0.25, 0.3) is 10.0 Å². The maximum atomic E-state index is 13.8. The molecule has 1 aliphatic rings. The first-order valence-electron chi connectivity index (χ1n) is 13.2. The average molecular weight is 568 g/mol. The van der Waals surface area contributed by atoms with Crippen molar-refractivity contribution in [1.29, 1.82) is 0 Å². The van der Waals surface area contributed by atoms with Crippen LogP contribution in [0.5, 0.6) is 0 Å². The van der Waals surface area contributed by atoms with E-state index in [0.717, 1.165) is 25.7 Å². The van der Waals surface area contributed by atoms with Gasteiger partial charge in [0, 0.05) is 17.1 Å². The van der Waals surface area contributed by atoms with E-state index in [9.17, 15) is 32.9 Å². The minimum atomic E-state index is -3.85. The van der Waals surface area contributed by atoms with Crippen molar-refractivity contribution in [2.75, 3.05) is 5.75 Å². The molecule has 2 aromatic rings. The van der Waals surface area contributed by atoms with Crippen molar-refractivity contribution in [2.45, 2.75) is 85.9 Å².